The first-order chi connectivity index (χ1) is 8.04. The van der Waals surface area contributed by atoms with Gasteiger partial charge in [0.15, 0.2) is 0 Å². The van der Waals surface area contributed by atoms with Crippen molar-refractivity contribution in [3.63, 3.8) is 0 Å². The summed E-state index contributed by atoms with van der Waals surface area (Å²) in [6.45, 7) is 5.58. The largest absolute Gasteiger partial charge is 0.312 e. The van der Waals surface area contributed by atoms with Gasteiger partial charge in [0, 0.05) is 23.2 Å². The first-order valence-electron chi connectivity index (χ1n) is 5.68. The zero-order valence-corrected chi connectivity index (χ0v) is 10.8. The van der Waals surface area contributed by atoms with Gasteiger partial charge in [0.1, 0.15) is 0 Å². The molecular weight excluding hydrogens is 240 g/mol. The Hall–Kier alpha value is -1.13. The average Bonchev–Trinajstić information content (AvgIpc) is 2.28. The van der Waals surface area contributed by atoms with Gasteiger partial charge in [-0.05, 0) is 24.6 Å². The Morgan fingerprint density at radius 2 is 2.24 bits per heavy atom. The summed E-state index contributed by atoms with van der Waals surface area (Å²) in [6, 6.07) is 4.63. The molecule has 0 bridgehead atoms. The molecule has 1 rings (SSSR count). The number of nitrogens with zero attached hydrogens (tertiary/aromatic N) is 1. The number of rotatable bonds is 6. The van der Waals surface area contributed by atoms with E-state index in [9.17, 15) is 10.1 Å². The Morgan fingerprint density at radius 1 is 1.53 bits per heavy atom. The number of benzene rings is 1. The average molecular weight is 257 g/mol. The second-order valence-corrected chi connectivity index (χ2v) is 4.61. The lowest BCUT2D eigenvalue weighted by atomic mass is 10.1. The highest BCUT2D eigenvalue weighted by atomic mass is 35.5. The van der Waals surface area contributed by atoms with E-state index in [1.807, 2.05) is 0 Å². The van der Waals surface area contributed by atoms with Crippen LogP contribution in [0.2, 0.25) is 5.02 Å². The topological polar surface area (TPSA) is 55.2 Å². The summed E-state index contributed by atoms with van der Waals surface area (Å²) in [7, 11) is 0. The monoisotopic (exact) mass is 256 g/mol. The number of nitrogens with one attached hydrogen (secondary N) is 1. The molecule has 0 radical (unpaired) electrons. The lowest BCUT2D eigenvalue weighted by Gasteiger charge is -2.10. The van der Waals surface area contributed by atoms with Crippen molar-refractivity contribution in [1.82, 2.24) is 5.32 Å². The Bertz CT molecular complexity index is 396. The predicted octanol–water partition coefficient (Wildman–Crippen LogP) is 3.38. The summed E-state index contributed by atoms with van der Waals surface area (Å²) in [6.07, 6.45) is 1.09. The van der Waals surface area contributed by atoms with Gasteiger partial charge in [-0.25, -0.2) is 0 Å². The van der Waals surface area contributed by atoms with Gasteiger partial charge in [-0.15, -0.1) is 0 Å². The fourth-order valence-corrected chi connectivity index (χ4v) is 1.67. The van der Waals surface area contributed by atoms with Crippen molar-refractivity contribution in [1.29, 1.82) is 0 Å². The summed E-state index contributed by atoms with van der Waals surface area (Å²) in [5.41, 5.74) is 0.747. The van der Waals surface area contributed by atoms with Crippen LogP contribution < -0.4 is 5.32 Å². The van der Waals surface area contributed by atoms with E-state index in [4.69, 9.17) is 11.6 Å². The third-order valence-corrected chi connectivity index (χ3v) is 2.98. The van der Waals surface area contributed by atoms with Crippen LogP contribution in [0.4, 0.5) is 5.69 Å². The molecule has 1 N–H and O–H groups in total. The molecule has 94 valence electrons. The predicted molar refractivity (Wildman–Crippen MR) is 69.3 cm³/mol. The summed E-state index contributed by atoms with van der Waals surface area (Å²) in [5.74, 6) is 0.563. The highest BCUT2D eigenvalue weighted by Gasteiger charge is 2.13. The minimum Gasteiger partial charge on any atom is -0.312 e. The lowest BCUT2D eigenvalue weighted by molar-refractivity contribution is -0.385. The highest BCUT2D eigenvalue weighted by molar-refractivity contribution is 6.30. The van der Waals surface area contributed by atoms with Crippen LogP contribution in [-0.2, 0) is 6.54 Å². The van der Waals surface area contributed by atoms with Gasteiger partial charge in [0.2, 0.25) is 0 Å². The first-order valence-corrected chi connectivity index (χ1v) is 6.06. The van der Waals surface area contributed by atoms with Crippen LogP contribution in [0.5, 0.6) is 0 Å². The zero-order chi connectivity index (χ0) is 12.8. The van der Waals surface area contributed by atoms with Crippen LogP contribution in [-0.4, -0.2) is 11.5 Å². The third-order valence-electron chi connectivity index (χ3n) is 2.74. The maximum atomic E-state index is 10.8. The summed E-state index contributed by atoms with van der Waals surface area (Å²) in [5, 5.41) is 14.6. The molecule has 17 heavy (non-hydrogen) atoms. The van der Waals surface area contributed by atoms with Crippen molar-refractivity contribution in [3.8, 4) is 0 Å². The number of nitro groups is 1. The molecule has 0 aromatic heterocycles. The molecule has 0 fully saturated rings. The molecule has 0 spiro atoms. The summed E-state index contributed by atoms with van der Waals surface area (Å²) in [4.78, 5) is 10.4. The van der Waals surface area contributed by atoms with Gasteiger partial charge in [0.25, 0.3) is 5.69 Å². The molecule has 4 nitrogen and oxygen atoms in total. The van der Waals surface area contributed by atoms with Crippen LogP contribution in [0.1, 0.15) is 25.8 Å². The Morgan fingerprint density at radius 3 is 2.82 bits per heavy atom. The molecule has 0 heterocycles. The van der Waals surface area contributed by atoms with E-state index in [1.165, 1.54) is 12.1 Å². The van der Waals surface area contributed by atoms with Gasteiger partial charge in [-0.2, -0.15) is 0 Å². The van der Waals surface area contributed by atoms with E-state index >= 15 is 0 Å². The lowest BCUT2D eigenvalue weighted by Crippen LogP contribution is -2.20. The smallest absolute Gasteiger partial charge is 0.273 e. The van der Waals surface area contributed by atoms with Crippen molar-refractivity contribution in [2.45, 2.75) is 26.8 Å². The Kier molecular flexibility index (Phi) is 5.38. The van der Waals surface area contributed by atoms with Crippen LogP contribution >= 0.6 is 11.6 Å². The molecule has 1 atom stereocenters. The highest BCUT2D eigenvalue weighted by Crippen LogP contribution is 2.22. The molecule has 5 heteroatoms. The zero-order valence-electron chi connectivity index (χ0n) is 10.1. The van der Waals surface area contributed by atoms with Gasteiger partial charge < -0.3 is 5.32 Å². The third kappa shape index (κ3) is 4.32. The molecule has 0 saturated heterocycles. The maximum Gasteiger partial charge on any atom is 0.273 e. The molecule has 0 amide bonds. The summed E-state index contributed by atoms with van der Waals surface area (Å²) >= 11 is 5.84. The van der Waals surface area contributed by atoms with E-state index in [-0.39, 0.29) is 10.6 Å². The second kappa shape index (κ2) is 6.57. The van der Waals surface area contributed by atoms with Crippen molar-refractivity contribution in [2.75, 3.05) is 6.54 Å². The molecule has 1 aromatic rings. The first kappa shape index (κ1) is 13.9. The second-order valence-electron chi connectivity index (χ2n) is 4.17. The van der Waals surface area contributed by atoms with Crippen molar-refractivity contribution >= 4 is 17.3 Å². The molecule has 0 aliphatic heterocycles. The fraction of sp³-hybridized carbons (Fsp3) is 0.500. The molecule has 0 aliphatic carbocycles. The molecular formula is C12H17ClN2O2. The molecule has 1 unspecified atom stereocenters. The van der Waals surface area contributed by atoms with Gasteiger partial charge in [-0.3, -0.25) is 10.1 Å². The standard InChI is InChI=1S/C12H17ClN2O2/c1-3-9(2)7-14-8-10-6-11(13)4-5-12(10)15(16)17/h4-6,9,14H,3,7-8H2,1-2H3. The SMILES string of the molecule is CCC(C)CNCc1cc(Cl)ccc1[N+](=O)[O-]. The quantitative estimate of drug-likeness (QED) is 0.627. The minimum absolute atomic E-state index is 0.117. The van der Waals surface area contributed by atoms with E-state index in [2.05, 4.69) is 19.2 Å². The van der Waals surface area contributed by atoms with Gasteiger partial charge in [0.05, 0.1) is 4.92 Å². The summed E-state index contributed by atoms with van der Waals surface area (Å²) < 4.78 is 0. The fourth-order valence-electron chi connectivity index (χ4n) is 1.47. The van der Waals surface area contributed by atoms with Crippen LogP contribution in [0.25, 0.3) is 0 Å². The van der Waals surface area contributed by atoms with E-state index < -0.39 is 0 Å². The van der Waals surface area contributed by atoms with Crippen molar-refractivity contribution in [2.24, 2.45) is 5.92 Å². The minimum atomic E-state index is -0.378. The van der Waals surface area contributed by atoms with Crippen LogP contribution in [0.3, 0.4) is 0 Å². The normalized spacial score (nSPS) is 12.4. The number of halogens is 1. The maximum absolute atomic E-state index is 10.8. The number of hydrogen-bond donors (Lipinski definition) is 1. The Labute approximate surface area is 106 Å². The van der Waals surface area contributed by atoms with Crippen LogP contribution in [0.15, 0.2) is 18.2 Å². The van der Waals surface area contributed by atoms with E-state index in [0.29, 0.717) is 23.0 Å². The van der Waals surface area contributed by atoms with Gasteiger partial charge >= 0.3 is 0 Å². The van der Waals surface area contributed by atoms with E-state index in [1.54, 1.807) is 6.07 Å². The van der Waals surface area contributed by atoms with Crippen LogP contribution in [0, 0.1) is 16.0 Å². The Balaban J connectivity index is 2.68. The molecule has 0 aliphatic rings. The number of nitro benzene ring substituents is 1. The van der Waals surface area contributed by atoms with Gasteiger partial charge in [-0.1, -0.05) is 31.9 Å². The molecule has 0 saturated carbocycles. The van der Waals surface area contributed by atoms with Crippen molar-refractivity contribution in [3.05, 3.63) is 38.9 Å². The van der Waals surface area contributed by atoms with E-state index in [0.717, 1.165) is 13.0 Å². The number of hydrogen-bond acceptors (Lipinski definition) is 3. The molecule has 1 aromatic carbocycles. The van der Waals surface area contributed by atoms with Crippen molar-refractivity contribution < 1.29 is 4.92 Å².